The Bertz CT molecular complexity index is 1130. The second-order valence-corrected chi connectivity index (χ2v) is 7.56. The molecule has 4 aromatic rings. The summed E-state index contributed by atoms with van der Waals surface area (Å²) in [7, 11) is 0. The maximum atomic E-state index is 12.2. The lowest BCUT2D eigenvalue weighted by atomic mass is 9.99. The standard InChI is InChI=1S/C25H27N3O3/c1-3-18(2)19-10-12-20(13-11-19)30-16-14-28-22-8-5-4-7-21(22)27-24(28)17-26-25(29)23-9-6-15-31-23/h4-13,15,18H,3,14,16-17H2,1-2H3,(H,26,29)/t18-/m1/s1. The van der Waals surface area contributed by atoms with Crippen molar-refractivity contribution >= 4 is 16.9 Å². The number of nitrogens with one attached hydrogen (secondary N) is 1. The van der Waals surface area contributed by atoms with Crippen LogP contribution >= 0.6 is 0 Å². The number of hydrogen-bond donors (Lipinski definition) is 1. The van der Waals surface area contributed by atoms with Crippen LogP contribution in [0.15, 0.2) is 71.3 Å². The molecule has 0 saturated carbocycles. The average molecular weight is 418 g/mol. The van der Waals surface area contributed by atoms with Gasteiger partial charge in [0.25, 0.3) is 5.91 Å². The molecule has 0 saturated heterocycles. The van der Waals surface area contributed by atoms with Crippen LogP contribution in [0.2, 0.25) is 0 Å². The maximum Gasteiger partial charge on any atom is 0.287 e. The van der Waals surface area contributed by atoms with Crippen molar-refractivity contribution in [2.45, 2.75) is 39.3 Å². The number of hydrogen-bond acceptors (Lipinski definition) is 4. The Morgan fingerprint density at radius 1 is 1.13 bits per heavy atom. The van der Waals surface area contributed by atoms with Gasteiger partial charge in [0.2, 0.25) is 0 Å². The van der Waals surface area contributed by atoms with Gasteiger partial charge in [-0.3, -0.25) is 4.79 Å². The molecule has 0 bridgehead atoms. The van der Waals surface area contributed by atoms with E-state index in [0.29, 0.717) is 25.6 Å². The lowest BCUT2D eigenvalue weighted by molar-refractivity contribution is 0.0921. The van der Waals surface area contributed by atoms with Crippen molar-refractivity contribution < 1.29 is 13.9 Å². The summed E-state index contributed by atoms with van der Waals surface area (Å²) < 4.78 is 13.2. The normalized spacial score (nSPS) is 12.1. The summed E-state index contributed by atoms with van der Waals surface area (Å²) in [5.74, 6) is 2.19. The monoisotopic (exact) mass is 417 g/mol. The maximum absolute atomic E-state index is 12.2. The first kappa shape index (κ1) is 20.7. The molecule has 2 aromatic carbocycles. The number of carbonyl (C=O) groups excluding carboxylic acids is 1. The molecular formula is C25H27N3O3. The van der Waals surface area contributed by atoms with Crippen LogP contribution in [-0.4, -0.2) is 22.1 Å². The first-order valence-corrected chi connectivity index (χ1v) is 10.6. The molecule has 0 spiro atoms. The fourth-order valence-electron chi connectivity index (χ4n) is 3.55. The van der Waals surface area contributed by atoms with E-state index in [1.54, 1.807) is 12.1 Å². The molecular weight excluding hydrogens is 390 g/mol. The molecule has 0 aliphatic carbocycles. The Morgan fingerprint density at radius 3 is 2.68 bits per heavy atom. The summed E-state index contributed by atoms with van der Waals surface area (Å²) in [5, 5.41) is 2.88. The van der Waals surface area contributed by atoms with Crippen LogP contribution in [0.5, 0.6) is 5.75 Å². The van der Waals surface area contributed by atoms with Gasteiger partial charge in [-0.2, -0.15) is 0 Å². The highest BCUT2D eigenvalue weighted by molar-refractivity contribution is 5.91. The third kappa shape index (κ3) is 4.79. The van der Waals surface area contributed by atoms with Crippen LogP contribution in [0.1, 0.15) is 48.1 Å². The molecule has 0 unspecified atom stereocenters. The molecule has 1 atom stereocenters. The molecule has 6 nitrogen and oxygen atoms in total. The number of para-hydroxylation sites is 2. The van der Waals surface area contributed by atoms with Gasteiger partial charge >= 0.3 is 0 Å². The molecule has 0 aliphatic rings. The predicted molar refractivity (Wildman–Crippen MR) is 120 cm³/mol. The number of fused-ring (bicyclic) bond motifs is 1. The first-order chi connectivity index (χ1) is 15.2. The van der Waals surface area contributed by atoms with E-state index in [1.165, 1.54) is 11.8 Å². The Labute approximate surface area is 181 Å². The zero-order valence-electron chi connectivity index (χ0n) is 17.9. The zero-order chi connectivity index (χ0) is 21.6. The number of carbonyl (C=O) groups is 1. The molecule has 1 amide bonds. The van der Waals surface area contributed by atoms with Crippen molar-refractivity contribution in [2.75, 3.05) is 6.61 Å². The molecule has 0 radical (unpaired) electrons. The van der Waals surface area contributed by atoms with E-state index in [0.717, 1.165) is 29.0 Å². The number of benzene rings is 2. The van der Waals surface area contributed by atoms with E-state index in [9.17, 15) is 4.79 Å². The SMILES string of the molecule is CC[C@@H](C)c1ccc(OCCn2c(CNC(=O)c3ccco3)nc3ccccc32)cc1. The number of aromatic nitrogens is 2. The summed E-state index contributed by atoms with van der Waals surface area (Å²) in [6.07, 6.45) is 2.60. The van der Waals surface area contributed by atoms with Crippen LogP contribution in [-0.2, 0) is 13.1 Å². The van der Waals surface area contributed by atoms with Crippen LogP contribution < -0.4 is 10.1 Å². The molecule has 4 rings (SSSR count). The minimum atomic E-state index is -0.263. The Balaban J connectivity index is 1.43. The van der Waals surface area contributed by atoms with E-state index in [2.05, 4.69) is 35.9 Å². The van der Waals surface area contributed by atoms with E-state index in [1.807, 2.05) is 36.4 Å². The number of rotatable bonds is 9. The Hall–Kier alpha value is -3.54. The summed E-state index contributed by atoms with van der Waals surface area (Å²) in [5.41, 5.74) is 3.23. The smallest absolute Gasteiger partial charge is 0.287 e. The van der Waals surface area contributed by atoms with Crippen LogP contribution in [0.4, 0.5) is 0 Å². The van der Waals surface area contributed by atoms with Crippen molar-refractivity contribution in [2.24, 2.45) is 0 Å². The van der Waals surface area contributed by atoms with Gasteiger partial charge in [-0.05, 0) is 54.3 Å². The van der Waals surface area contributed by atoms with Crippen molar-refractivity contribution in [1.82, 2.24) is 14.9 Å². The third-order valence-electron chi connectivity index (χ3n) is 5.53. The molecule has 6 heteroatoms. The molecule has 0 aliphatic heterocycles. The Kier molecular flexibility index (Phi) is 6.36. The van der Waals surface area contributed by atoms with Crippen LogP contribution in [0.3, 0.4) is 0 Å². The second-order valence-electron chi connectivity index (χ2n) is 7.56. The topological polar surface area (TPSA) is 69.3 Å². The molecule has 31 heavy (non-hydrogen) atoms. The fourth-order valence-corrected chi connectivity index (χ4v) is 3.55. The van der Waals surface area contributed by atoms with Crippen molar-refractivity contribution in [1.29, 1.82) is 0 Å². The first-order valence-electron chi connectivity index (χ1n) is 10.6. The number of nitrogens with zero attached hydrogens (tertiary/aromatic N) is 2. The van der Waals surface area contributed by atoms with Gasteiger partial charge in [-0.25, -0.2) is 4.98 Å². The van der Waals surface area contributed by atoms with Gasteiger partial charge in [-0.15, -0.1) is 0 Å². The van der Waals surface area contributed by atoms with Crippen LogP contribution in [0, 0.1) is 0 Å². The molecule has 2 aromatic heterocycles. The van der Waals surface area contributed by atoms with Gasteiger partial charge in [-0.1, -0.05) is 38.1 Å². The predicted octanol–water partition coefficient (Wildman–Crippen LogP) is 5.15. The summed E-state index contributed by atoms with van der Waals surface area (Å²) in [6, 6.07) is 19.6. The number of imidazole rings is 1. The molecule has 2 heterocycles. The lowest BCUT2D eigenvalue weighted by Crippen LogP contribution is -2.25. The second kappa shape index (κ2) is 9.51. The number of amides is 1. The average Bonchev–Trinajstić information content (AvgIpc) is 3.46. The molecule has 0 fully saturated rings. The molecule has 1 N–H and O–H groups in total. The highest BCUT2D eigenvalue weighted by atomic mass is 16.5. The van der Waals surface area contributed by atoms with Gasteiger partial charge in [0.15, 0.2) is 5.76 Å². The highest BCUT2D eigenvalue weighted by Crippen LogP contribution is 2.22. The van der Waals surface area contributed by atoms with E-state index < -0.39 is 0 Å². The fraction of sp³-hybridized carbons (Fsp3) is 0.280. The molecule has 160 valence electrons. The Morgan fingerprint density at radius 2 is 1.94 bits per heavy atom. The quantitative estimate of drug-likeness (QED) is 0.409. The van der Waals surface area contributed by atoms with Crippen molar-refractivity contribution in [3.05, 3.63) is 84.1 Å². The van der Waals surface area contributed by atoms with Gasteiger partial charge in [0.1, 0.15) is 18.2 Å². The largest absolute Gasteiger partial charge is 0.492 e. The third-order valence-corrected chi connectivity index (χ3v) is 5.53. The summed E-state index contributed by atoms with van der Waals surface area (Å²) >= 11 is 0. The van der Waals surface area contributed by atoms with Crippen molar-refractivity contribution in [3.8, 4) is 5.75 Å². The van der Waals surface area contributed by atoms with E-state index in [-0.39, 0.29) is 11.7 Å². The highest BCUT2D eigenvalue weighted by Gasteiger charge is 2.14. The van der Waals surface area contributed by atoms with E-state index in [4.69, 9.17) is 14.1 Å². The van der Waals surface area contributed by atoms with Gasteiger partial charge < -0.3 is 19.0 Å². The number of ether oxygens (including phenoxy) is 1. The zero-order valence-corrected chi connectivity index (χ0v) is 17.9. The minimum absolute atomic E-state index is 0.263. The van der Waals surface area contributed by atoms with Gasteiger partial charge in [0.05, 0.1) is 30.4 Å². The summed E-state index contributed by atoms with van der Waals surface area (Å²) in [4.78, 5) is 16.9. The van der Waals surface area contributed by atoms with Gasteiger partial charge in [0, 0.05) is 0 Å². The lowest BCUT2D eigenvalue weighted by Gasteiger charge is -2.13. The van der Waals surface area contributed by atoms with Crippen LogP contribution in [0.25, 0.3) is 11.0 Å². The summed E-state index contributed by atoms with van der Waals surface area (Å²) in [6.45, 7) is 5.85. The van der Waals surface area contributed by atoms with Crippen molar-refractivity contribution in [3.63, 3.8) is 0 Å². The van der Waals surface area contributed by atoms with E-state index >= 15 is 0 Å². The number of furan rings is 1. The minimum Gasteiger partial charge on any atom is -0.492 e.